The fourth-order valence-corrected chi connectivity index (χ4v) is 7.66. The molecule has 17 nitrogen and oxygen atoms in total. The molecule has 0 aliphatic carbocycles. The molecule has 12 atom stereocenters. The highest BCUT2D eigenvalue weighted by Crippen LogP contribution is 2.40. The maximum Gasteiger partial charge on any atom is 0.252 e. The number of aliphatic hydroxyl groups excluding tert-OH is 4. The Labute approximate surface area is 348 Å². The minimum absolute atomic E-state index is 0.0777. The zero-order chi connectivity index (χ0) is 43.7. The lowest BCUT2D eigenvalue weighted by molar-refractivity contribution is -0.325. The van der Waals surface area contributed by atoms with Crippen LogP contribution >= 0.6 is 0 Å². The molecule has 60 heavy (non-hydrogen) atoms. The van der Waals surface area contributed by atoms with Crippen molar-refractivity contribution in [2.24, 2.45) is 5.92 Å². The fraction of sp³-hybridized carbons (Fsp3) is 0.512. The molecular weight excluding hydrogens is 782 g/mol. The van der Waals surface area contributed by atoms with E-state index >= 15 is 0 Å². The lowest BCUT2D eigenvalue weighted by atomic mass is 9.74. The molecule has 3 aromatic carbocycles. The second-order valence-corrected chi connectivity index (χ2v) is 15.0. The summed E-state index contributed by atoms with van der Waals surface area (Å²) in [5.74, 6) is -1.02. The maximum absolute atomic E-state index is 13.9. The van der Waals surface area contributed by atoms with E-state index in [1.165, 1.54) is 21.1 Å². The largest absolute Gasteiger partial charge is 0.497 e. The third kappa shape index (κ3) is 10.4. The maximum atomic E-state index is 13.9. The van der Waals surface area contributed by atoms with Gasteiger partial charge in [0.1, 0.15) is 59.5 Å². The summed E-state index contributed by atoms with van der Waals surface area (Å²) in [6.07, 6.45) is -12.5. The summed E-state index contributed by atoms with van der Waals surface area (Å²) in [5.41, 5.74) is 0.166. The first-order valence-electron chi connectivity index (χ1n) is 19.8. The number of aryl methyl sites for hydroxylation is 1. The van der Waals surface area contributed by atoms with Crippen molar-refractivity contribution in [1.29, 1.82) is 0 Å². The molecule has 2 aliphatic rings. The summed E-state index contributed by atoms with van der Waals surface area (Å²) >= 11 is 0. The zero-order valence-corrected chi connectivity index (χ0v) is 34.5. The van der Waals surface area contributed by atoms with Crippen LogP contribution in [-0.4, -0.2) is 138 Å². The number of amides is 3. The molecule has 2 fully saturated rings. The van der Waals surface area contributed by atoms with Gasteiger partial charge in [0, 0.05) is 27.1 Å². The van der Waals surface area contributed by atoms with Gasteiger partial charge in [-0.05, 0) is 67.8 Å². The van der Waals surface area contributed by atoms with E-state index < -0.39 is 97.0 Å². The summed E-state index contributed by atoms with van der Waals surface area (Å²) in [4.78, 5) is 39.5. The first-order chi connectivity index (χ1) is 28.7. The van der Waals surface area contributed by atoms with Gasteiger partial charge in [-0.25, -0.2) is 0 Å². The highest BCUT2D eigenvalue weighted by atomic mass is 16.7. The lowest BCUT2D eigenvalue weighted by Gasteiger charge is -2.47. The molecule has 328 valence electrons. The molecule has 0 aromatic heterocycles. The first kappa shape index (κ1) is 46.4. The number of benzene rings is 3. The van der Waals surface area contributed by atoms with Crippen molar-refractivity contribution in [1.82, 2.24) is 16.0 Å². The van der Waals surface area contributed by atoms with Crippen LogP contribution in [0.3, 0.4) is 0 Å². The Hall–Kier alpha value is -4.69. The van der Waals surface area contributed by atoms with E-state index in [0.717, 1.165) is 5.56 Å². The Morgan fingerprint density at radius 1 is 0.800 bits per heavy atom. The number of aliphatic hydroxyl groups is 5. The van der Waals surface area contributed by atoms with E-state index in [2.05, 4.69) is 16.0 Å². The van der Waals surface area contributed by atoms with Crippen LogP contribution in [0.1, 0.15) is 43.9 Å². The molecule has 2 aliphatic heterocycles. The third-order valence-corrected chi connectivity index (χ3v) is 10.9. The van der Waals surface area contributed by atoms with Gasteiger partial charge in [-0.15, -0.1) is 0 Å². The van der Waals surface area contributed by atoms with E-state index in [-0.39, 0.29) is 19.5 Å². The predicted octanol–water partition coefficient (Wildman–Crippen LogP) is 0.783. The molecule has 0 bridgehead atoms. The Morgan fingerprint density at radius 2 is 1.37 bits per heavy atom. The van der Waals surface area contributed by atoms with E-state index in [1.807, 2.05) is 31.2 Å². The molecule has 3 aromatic rings. The molecule has 2 saturated heterocycles. The molecule has 0 radical (unpaired) electrons. The van der Waals surface area contributed by atoms with Gasteiger partial charge in [0.25, 0.3) is 5.91 Å². The second kappa shape index (κ2) is 20.7. The number of nitrogens with one attached hydrogen (secondary N) is 3. The molecule has 3 amide bonds. The average molecular weight is 840 g/mol. The number of carbonyl (C=O) groups excluding carboxylic acids is 3. The average Bonchev–Trinajstić information content (AvgIpc) is 3.24. The van der Waals surface area contributed by atoms with Crippen molar-refractivity contribution in [2.75, 3.05) is 33.9 Å². The van der Waals surface area contributed by atoms with E-state index in [1.54, 1.807) is 62.4 Å². The first-order valence-corrected chi connectivity index (χ1v) is 19.8. The van der Waals surface area contributed by atoms with Crippen LogP contribution in [0.25, 0.3) is 0 Å². The van der Waals surface area contributed by atoms with E-state index in [0.29, 0.717) is 28.4 Å². The summed E-state index contributed by atoms with van der Waals surface area (Å²) in [5, 5.41) is 63.4. The van der Waals surface area contributed by atoms with Crippen molar-refractivity contribution in [3.05, 3.63) is 89.5 Å². The Kier molecular flexibility index (Phi) is 16.0. The van der Waals surface area contributed by atoms with Gasteiger partial charge in [0.15, 0.2) is 12.4 Å². The van der Waals surface area contributed by atoms with Gasteiger partial charge in [0.2, 0.25) is 11.8 Å². The molecule has 8 N–H and O–H groups in total. The number of carbonyl (C=O) groups is 3. The van der Waals surface area contributed by atoms with Gasteiger partial charge in [-0.2, -0.15) is 0 Å². The number of ether oxygens (including phenoxy) is 6. The van der Waals surface area contributed by atoms with Crippen LogP contribution in [0.2, 0.25) is 0 Å². The Balaban J connectivity index is 1.27. The summed E-state index contributed by atoms with van der Waals surface area (Å²) in [6, 6.07) is 20.2. The summed E-state index contributed by atoms with van der Waals surface area (Å²) in [6.45, 7) is 5.82. The van der Waals surface area contributed by atoms with E-state index in [4.69, 9.17) is 28.4 Å². The highest BCUT2D eigenvalue weighted by Gasteiger charge is 2.52. The quantitative estimate of drug-likeness (QED) is 0.0877. The minimum atomic E-state index is -1.81. The van der Waals surface area contributed by atoms with Crippen molar-refractivity contribution in [3.63, 3.8) is 0 Å². The topological polar surface area (TPSA) is 244 Å². The Bertz CT molecular complexity index is 1870. The van der Waals surface area contributed by atoms with Crippen molar-refractivity contribution in [2.45, 2.75) is 101 Å². The standard InChI is InChI=1S/C43H57N3O14/c1-7-31(43(54,26-10-16-28(55-5)17-11-26)27-12-18-30(19-13-27)58-29-14-8-23(2)9-15-29)40(52)44-20-21-45-41(53)39-38(56-6)35(50)36(51)42(60-39)59-37-33(46-25(4)48)24(3)57-32(22-47)34(37)49/h8-19,24,31-39,42,47,49-51,54H,7,20-22H2,1-6H3,(H,44,52)(H,45,53)(H,46,48)/t24-,31?,32-,33?,34+,35?,36?,37?,38-,39+,42+,43?/m0/s1. The third-order valence-electron chi connectivity index (χ3n) is 10.9. The molecule has 17 heteroatoms. The Morgan fingerprint density at radius 3 is 1.90 bits per heavy atom. The lowest BCUT2D eigenvalue weighted by Crippen LogP contribution is -2.68. The zero-order valence-electron chi connectivity index (χ0n) is 34.5. The molecule has 0 saturated carbocycles. The monoisotopic (exact) mass is 839 g/mol. The number of rotatable bonds is 17. The van der Waals surface area contributed by atoms with Crippen LogP contribution in [-0.2, 0) is 38.9 Å². The van der Waals surface area contributed by atoms with Gasteiger partial charge >= 0.3 is 0 Å². The number of methoxy groups -OCH3 is 2. The van der Waals surface area contributed by atoms with Crippen LogP contribution in [0.4, 0.5) is 0 Å². The summed E-state index contributed by atoms with van der Waals surface area (Å²) < 4.78 is 34.1. The normalized spacial score (nSPS) is 28.1. The summed E-state index contributed by atoms with van der Waals surface area (Å²) in [7, 11) is 2.74. The predicted molar refractivity (Wildman–Crippen MR) is 215 cm³/mol. The number of hydrogen-bond acceptors (Lipinski definition) is 14. The molecular formula is C43H57N3O14. The smallest absolute Gasteiger partial charge is 0.252 e. The van der Waals surface area contributed by atoms with Crippen molar-refractivity contribution >= 4 is 17.7 Å². The van der Waals surface area contributed by atoms with Crippen LogP contribution in [0.15, 0.2) is 72.8 Å². The molecule has 6 unspecified atom stereocenters. The van der Waals surface area contributed by atoms with Crippen LogP contribution in [0, 0.1) is 12.8 Å². The number of hydrogen-bond donors (Lipinski definition) is 8. The van der Waals surface area contributed by atoms with Gasteiger partial charge in [0.05, 0.1) is 31.8 Å². The van der Waals surface area contributed by atoms with Crippen molar-refractivity contribution in [3.8, 4) is 17.2 Å². The molecule has 0 spiro atoms. The van der Waals surface area contributed by atoms with Crippen LogP contribution in [0.5, 0.6) is 17.2 Å². The SMILES string of the molecule is CCC(C(=O)NCCNC(=O)[C@@H]1O[C@@H](OC2C(NC(C)=O)[C@H](C)O[C@@H](CO)[C@H]2O)C(O)C(O)[C@@H]1OC)C(O)(c1ccc(OC)cc1)c1ccc(Oc2ccc(C)cc2)cc1. The van der Waals surface area contributed by atoms with Crippen LogP contribution < -0.4 is 25.4 Å². The fourth-order valence-electron chi connectivity index (χ4n) is 7.66. The highest BCUT2D eigenvalue weighted by molar-refractivity contribution is 5.83. The van der Waals surface area contributed by atoms with Gasteiger partial charge in [-0.3, -0.25) is 14.4 Å². The minimum Gasteiger partial charge on any atom is -0.497 e. The second-order valence-electron chi connectivity index (χ2n) is 15.0. The van der Waals surface area contributed by atoms with Gasteiger partial charge < -0.3 is 69.9 Å². The van der Waals surface area contributed by atoms with E-state index in [9.17, 15) is 39.9 Å². The van der Waals surface area contributed by atoms with Crippen molar-refractivity contribution < 1.29 is 68.3 Å². The van der Waals surface area contributed by atoms with Gasteiger partial charge in [-0.1, -0.05) is 48.9 Å². The molecule has 5 rings (SSSR count). The molecule has 2 heterocycles.